The molecule has 0 N–H and O–H groups in total. The Morgan fingerprint density at radius 1 is 1.09 bits per heavy atom. The molecular weight excluding hydrogens is 294 g/mol. The lowest BCUT2D eigenvalue weighted by Crippen LogP contribution is -2.39. The average molecular weight is 313 g/mol. The zero-order chi connectivity index (χ0) is 16.8. The Labute approximate surface area is 134 Å². The number of hydrogen-bond acceptors (Lipinski definition) is 4. The van der Waals surface area contributed by atoms with E-state index in [-0.39, 0.29) is 23.8 Å². The molecule has 1 aliphatic heterocycles. The van der Waals surface area contributed by atoms with Crippen LogP contribution in [0.25, 0.3) is 0 Å². The van der Waals surface area contributed by atoms with Gasteiger partial charge < -0.3 is 4.74 Å². The second-order valence-corrected chi connectivity index (χ2v) is 6.91. The number of benzene rings is 1. The van der Waals surface area contributed by atoms with Crippen LogP contribution in [0.3, 0.4) is 0 Å². The van der Waals surface area contributed by atoms with Crippen molar-refractivity contribution >= 4 is 17.8 Å². The fourth-order valence-electron chi connectivity index (χ4n) is 2.75. The van der Waals surface area contributed by atoms with Gasteiger partial charge in [-0.3, -0.25) is 19.3 Å². The Bertz CT molecular complexity index is 679. The van der Waals surface area contributed by atoms with Crippen molar-refractivity contribution in [1.82, 2.24) is 4.90 Å². The number of ether oxygens (including phenoxy) is 1. The third kappa shape index (κ3) is 2.67. The number of fused-ring (bicyclic) bond motifs is 1. The molecule has 23 heavy (non-hydrogen) atoms. The summed E-state index contributed by atoms with van der Waals surface area (Å²) in [7, 11) is 0. The van der Waals surface area contributed by atoms with Gasteiger partial charge in [0.15, 0.2) is 0 Å². The van der Waals surface area contributed by atoms with E-state index in [9.17, 15) is 14.4 Å². The average Bonchev–Trinajstić information content (AvgIpc) is 3.03. The largest absolute Gasteiger partial charge is 0.458 e. The summed E-state index contributed by atoms with van der Waals surface area (Å²) in [5, 5.41) is 0. The predicted molar refractivity (Wildman–Crippen MR) is 83.8 cm³/mol. The number of rotatable bonds is 2. The first kappa shape index (κ1) is 15.5. The minimum atomic E-state index is -0.582. The maximum atomic E-state index is 12.4. The Kier molecular flexibility index (Phi) is 3.59. The molecule has 120 valence electrons. The lowest BCUT2D eigenvalue weighted by atomic mass is 9.97. The van der Waals surface area contributed by atoms with Crippen molar-refractivity contribution in [2.24, 2.45) is 5.41 Å². The fourth-order valence-corrected chi connectivity index (χ4v) is 2.75. The molecule has 2 amide bonds. The third-order valence-corrected chi connectivity index (χ3v) is 4.05. The standard InChI is InChI=1S/C18H19NO4/c1-18(2,3)17(22)23-12-9-8-11(10-12)19-15(20)13-6-4-5-7-14(13)16(19)21/h4-9,11-12H,10H2,1-3H3/t11-,12+/m1/s1. The van der Waals surface area contributed by atoms with Crippen molar-refractivity contribution in [2.45, 2.75) is 39.3 Å². The Morgan fingerprint density at radius 2 is 1.65 bits per heavy atom. The molecule has 0 radical (unpaired) electrons. The van der Waals surface area contributed by atoms with Gasteiger partial charge in [0.2, 0.25) is 0 Å². The van der Waals surface area contributed by atoms with Gasteiger partial charge in [-0.25, -0.2) is 0 Å². The molecule has 2 atom stereocenters. The first-order chi connectivity index (χ1) is 10.8. The molecule has 0 saturated carbocycles. The number of carbonyl (C=O) groups is 3. The van der Waals surface area contributed by atoms with Crippen molar-refractivity contribution in [3.05, 3.63) is 47.5 Å². The number of esters is 1. The Balaban J connectivity index is 1.72. The maximum Gasteiger partial charge on any atom is 0.311 e. The van der Waals surface area contributed by atoms with Gasteiger partial charge in [0, 0.05) is 6.42 Å². The van der Waals surface area contributed by atoms with Crippen LogP contribution < -0.4 is 0 Å². The van der Waals surface area contributed by atoms with Crippen LogP contribution in [0.4, 0.5) is 0 Å². The number of imide groups is 1. The van der Waals surface area contributed by atoms with Crippen LogP contribution in [-0.4, -0.2) is 34.8 Å². The van der Waals surface area contributed by atoms with Crippen molar-refractivity contribution < 1.29 is 19.1 Å². The van der Waals surface area contributed by atoms with Gasteiger partial charge >= 0.3 is 5.97 Å². The van der Waals surface area contributed by atoms with Crippen LogP contribution in [-0.2, 0) is 9.53 Å². The zero-order valence-electron chi connectivity index (χ0n) is 13.4. The van der Waals surface area contributed by atoms with E-state index in [0.717, 1.165) is 0 Å². The summed E-state index contributed by atoms with van der Waals surface area (Å²) < 4.78 is 5.44. The van der Waals surface area contributed by atoms with E-state index in [0.29, 0.717) is 17.5 Å². The molecule has 1 aromatic carbocycles. The topological polar surface area (TPSA) is 63.7 Å². The van der Waals surface area contributed by atoms with Gasteiger partial charge in [0.05, 0.1) is 22.6 Å². The van der Waals surface area contributed by atoms with Gasteiger partial charge in [-0.05, 0) is 39.0 Å². The highest BCUT2D eigenvalue weighted by molar-refractivity contribution is 6.21. The van der Waals surface area contributed by atoms with Crippen LogP contribution in [0.5, 0.6) is 0 Å². The van der Waals surface area contributed by atoms with Crippen LogP contribution in [0, 0.1) is 5.41 Å². The highest BCUT2D eigenvalue weighted by atomic mass is 16.5. The first-order valence-corrected chi connectivity index (χ1v) is 7.65. The quantitative estimate of drug-likeness (QED) is 0.478. The highest BCUT2D eigenvalue weighted by Crippen LogP contribution is 2.30. The maximum absolute atomic E-state index is 12.4. The smallest absolute Gasteiger partial charge is 0.311 e. The number of carbonyl (C=O) groups excluding carboxylic acids is 3. The van der Waals surface area contributed by atoms with E-state index in [4.69, 9.17) is 4.74 Å². The second kappa shape index (κ2) is 5.33. The molecule has 5 nitrogen and oxygen atoms in total. The number of amides is 2. The zero-order valence-corrected chi connectivity index (χ0v) is 13.4. The monoisotopic (exact) mass is 313 g/mol. The van der Waals surface area contributed by atoms with Crippen LogP contribution in [0.1, 0.15) is 47.9 Å². The molecule has 1 heterocycles. The van der Waals surface area contributed by atoms with Crippen LogP contribution >= 0.6 is 0 Å². The molecule has 1 aromatic rings. The van der Waals surface area contributed by atoms with Crippen molar-refractivity contribution in [3.8, 4) is 0 Å². The molecule has 0 bridgehead atoms. The minimum absolute atomic E-state index is 0.289. The lowest BCUT2D eigenvalue weighted by molar-refractivity contribution is -0.156. The highest BCUT2D eigenvalue weighted by Gasteiger charge is 2.41. The molecule has 3 rings (SSSR count). The molecule has 1 aliphatic carbocycles. The first-order valence-electron chi connectivity index (χ1n) is 7.65. The molecule has 5 heteroatoms. The summed E-state index contributed by atoms with van der Waals surface area (Å²) in [6, 6.07) is 6.43. The lowest BCUT2D eigenvalue weighted by Gasteiger charge is -2.23. The SMILES string of the molecule is CC(C)(C)C(=O)O[C@H]1C=C[C@@H](N2C(=O)c3ccccc3C2=O)C1. The molecule has 0 unspecified atom stereocenters. The summed E-state index contributed by atoms with van der Waals surface area (Å²) in [4.78, 5) is 38.1. The molecule has 0 fully saturated rings. The number of hydrogen-bond donors (Lipinski definition) is 0. The van der Waals surface area contributed by atoms with Crippen LogP contribution in [0.2, 0.25) is 0 Å². The Hall–Kier alpha value is -2.43. The van der Waals surface area contributed by atoms with Crippen molar-refractivity contribution in [1.29, 1.82) is 0 Å². The molecule has 0 saturated heterocycles. The normalized spacial score (nSPS) is 23.3. The van der Waals surface area contributed by atoms with E-state index < -0.39 is 11.5 Å². The summed E-state index contributed by atoms with van der Waals surface area (Å²) >= 11 is 0. The van der Waals surface area contributed by atoms with Gasteiger partial charge in [0.1, 0.15) is 6.10 Å². The van der Waals surface area contributed by atoms with Crippen molar-refractivity contribution in [2.75, 3.05) is 0 Å². The molecular formula is C18H19NO4. The summed E-state index contributed by atoms with van der Waals surface area (Å²) in [5.41, 5.74) is 0.281. The van der Waals surface area contributed by atoms with E-state index in [1.54, 1.807) is 57.2 Å². The predicted octanol–water partition coefficient (Wildman–Crippen LogP) is 2.57. The van der Waals surface area contributed by atoms with E-state index in [1.807, 2.05) is 0 Å². The minimum Gasteiger partial charge on any atom is -0.458 e. The third-order valence-electron chi connectivity index (χ3n) is 4.05. The van der Waals surface area contributed by atoms with Gasteiger partial charge in [-0.15, -0.1) is 0 Å². The Morgan fingerprint density at radius 3 is 2.17 bits per heavy atom. The van der Waals surface area contributed by atoms with E-state index in [1.165, 1.54) is 4.90 Å². The second-order valence-electron chi connectivity index (χ2n) is 6.91. The summed E-state index contributed by atoms with van der Waals surface area (Å²) in [6.45, 7) is 5.36. The summed E-state index contributed by atoms with van der Waals surface area (Å²) in [6.07, 6.45) is 3.52. The van der Waals surface area contributed by atoms with E-state index in [2.05, 4.69) is 0 Å². The molecule has 0 aromatic heterocycles. The van der Waals surface area contributed by atoms with E-state index >= 15 is 0 Å². The van der Waals surface area contributed by atoms with Gasteiger partial charge in [-0.2, -0.15) is 0 Å². The van der Waals surface area contributed by atoms with Crippen LogP contribution in [0.15, 0.2) is 36.4 Å². The van der Waals surface area contributed by atoms with Crippen molar-refractivity contribution in [3.63, 3.8) is 0 Å². The molecule has 2 aliphatic rings. The fraction of sp³-hybridized carbons (Fsp3) is 0.389. The summed E-state index contributed by atoms with van der Waals surface area (Å²) in [5.74, 6) is -0.874. The van der Waals surface area contributed by atoms with Gasteiger partial charge in [0.25, 0.3) is 11.8 Å². The number of nitrogens with zero attached hydrogens (tertiary/aromatic N) is 1. The molecule has 0 spiro atoms. The van der Waals surface area contributed by atoms with Gasteiger partial charge in [-0.1, -0.05) is 18.2 Å².